The third-order valence-corrected chi connectivity index (χ3v) is 1.58. The molecule has 0 fully saturated rings. The third-order valence-electron chi connectivity index (χ3n) is 1.58. The molecule has 0 unspecified atom stereocenters. The van der Waals surface area contributed by atoms with Gasteiger partial charge in [0.05, 0.1) is 5.56 Å². The Morgan fingerprint density at radius 2 is 1.80 bits per heavy atom. The third kappa shape index (κ3) is 2.31. The molecule has 0 saturated heterocycles. The fourth-order valence-corrected chi connectivity index (χ4v) is 0.893. The molecule has 0 saturated carbocycles. The zero-order valence-corrected chi connectivity index (χ0v) is 6.95. The summed E-state index contributed by atoms with van der Waals surface area (Å²) in [5.74, 6) is -2.86. The van der Waals surface area contributed by atoms with Crippen LogP contribution in [0.2, 0.25) is 0 Å². The largest absolute Gasteiger partial charge is 0.420 e. The maximum Gasteiger partial charge on any atom is 0.420 e. The minimum atomic E-state index is -5.07. The molecule has 0 radical (unpaired) electrons. The van der Waals surface area contributed by atoms with Gasteiger partial charge in [-0.2, -0.15) is 17.6 Å². The normalized spacial score (nSPS) is 12.2. The number of halogens is 6. The smallest absolute Gasteiger partial charge is 0.383 e. The van der Waals surface area contributed by atoms with Crippen molar-refractivity contribution in [2.75, 3.05) is 5.73 Å². The van der Waals surface area contributed by atoms with Gasteiger partial charge in [0.15, 0.2) is 0 Å². The lowest BCUT2D eigenvalue weighted by Gasteiger charge is -2.10. The zero-order chi connectivity index (χ0) is 11.8. The van der Waals surface area contributed by atoms with Crippen LogP contribution in [0, 0.1) is 5.95 Å². The van der Waals surface area contributed by atoms with E-state index in [0.717, 1.165) is 0 Å². The van der Waals surface area contributed by atoms with E-state index in [4.69, 9.17) is 5.73 Å². The number of pyridine rings is 1. The molecule has 15 heavy (non-hydrogen) atoms. The minimum absolute atomic E-state index is 0.0394. The van der Waals surface area contributed by atoms with Crippen LogP contribution in [0.3, 0.4) is 0 Å². The van der Waals surface area contributed by atoms with Crippen molar-refractivity contribution in [1.29, 1.82) is 0 Å². The molecule has 8 heteroatoms. The summed E-state index contributed by atoms with van der Waals surface area (Å²) in [4.78, 5) is 2.57. The summed E-state index contributed by atoms with van der Waals surface area (Å²) in [5.41, 5.74) is 1.85. The van der Waals surface area contributed by atoms with Gasteiger partial charge in [-0.1, -0.05) is 0 Å². The van der Waals surface area contributed by atoms with E-state index in [1.165, 1.54) is 0 Å². The maximum atomic E-state index is 12.6. The molecule has 1 rings (SSSR count). The first-order valence-electron chi connectivity index (χ1n) is 3.54. The van der Waals surface area contributed by atoms with Crippen LogP contribution in [0.4, 0.5) is 32.2 Å². The number of rotatable bonds is 1. The summed E-state index contributed by atoms with van der Waals surface area (Å²) in [6, 6.07) is -0.0394. The van der Waals surface area contributed by atoms with E-state index in [0.29, 0.717) is 0 Å². The molecule has 0 aromatic carbocycles. The molecule has 1 aromatic rings. The Kier molecular flexibility index (Phi) is 2.78. The van der Waals surface area contributed by atoms with Crippen LogP contribution in [0.15, 0.2) is 6.07 Å². The predicted molar refractivity (Wildman–Crippen MR) is 38.6 cm³/mol. The highest BCUT2D eigenvalue weighted by atomic mass is 19.4. The van der Waals surface area contributed by atoms with Gasteiger partial charge in [0.2, 0.25) is 5.95 Å². The molecule has 0 amide bonds. The highest BCUT2D eigenvalue weighted by Gasteiger charge is 2.36. The number of alkyl halides is 5. The van der Waals surface area contributed by atoms with E-state index >= 15 is 0 Å². The second-order valence-electron chi connectivity index (χ2n) is 2.60. The van der Waals surface area contributed by atoms with Gasteiger partial charge in [0, 0.05) is 0 Å². The Morgan fingerprint density at radius 3 is 2.20 bits per heavy atom. The lowest BCUT2D eigenvalue weighted by atomic mass is 10.2. The van der Waals surface area contributed by atoms with Crippen LogP contribution in [0.1, 0.15) is 17.6 Å². The number of hydrogen-bond donors (Lipinski definition) is 1. The van der Waals surface area contributed by atoms with Crippen molar-refractivity contribution < 1.29 is 26.3 Å². The molecule has 0 spiro atoms. The molecule has 0 aliphatic rings. The van der Waals surface area contributed by atoms with Crippen LogP contribution in [-0.4, -0.2) is 4.98 Å². The molecular weight excluding hydrogens is 226 g/mol. The van der Waals surface area contributed by atoms with E-state index in [-0.39, 0.29) is 6.07 Å². The van der Waals surface area contributed by atoms with Crippen LogP contribution in [-0.2, 0) is 6.18 Å². The fourth-order valence-electron chi connectivity index (χ4n) is 0.893. The number of nitrogens with zero attached hydrogens (tertiary/aromatic N) is 1. The average molecular weight is 230 g/mol. The summed E-state index contributed by atoms with van der Waals surface area (Å²) < 4.78 is 73.0. The van der Waals surface area contributed by atoms with Gasteiger partial charge in [-0.3, -0.25) is 0 Å². The van der Waals surface area contributed by atoms with E-state index in [1.807, 2.05) is 0 Å². The van der Waals surface area contributed by atoms with Crippen molar-refractivity contribution in [1.82, 2.24) is 4.98 Å². The van der Waals surface area contributed by atoms with Crippen LogP contribution in [0.25, 0.3) is 0 Å². The van der Waals surface area contributed by atoms with Gasteiger partial charge in [-0.25, -0.2) is 13.8 Å². The second kappa shape index (κ2) is 3.59. The van der Waals surface area contributed by atoms with Gasteiger partial charge in [-0.05, 0) is 6.07 Å². The van der Waals surface area contributed by atoms with Gasteiger partial charge < -0.3 is 5.73 Å². The molecule has 0 bridgehead atoms. The van der Waals surface area contributed by atoms with Crippen molar-refractivity contribution in [2.45, 2.75) is 12.6 Å². The number of aromatic nitrogens is 1. The number of hydrogen-bond acceptors (Lipinski definition) is 2. The van der Waals surface area contributed by atoms with E-state index in [9.17, 15) is 26.3 Å². The van der Waals surface area contributed by atoms with E-state index in [1.54, 1.807) is 0 Å². The summed E-state index contributed by atoms with van der Waals surface area (Å²) in [6.45, 7) is 0. The van der Waals surface area contributed by atoms with Crippen molar-refractivity contribution in [2.24, 2.45) is 0 Å². The number of nitrogen functional groups attached to an aromatic ring is 1. The molecule has 2 nitrogen and oxygen atoms in total. The van der Waals surface area contributed by atoms with Gasteiger partial charge in [-0.15, -0.1) is 0 Å². The first-order valence-corrected chi connectivity index (χ1v) is 3.54. The first-order chi connectivity index (χ1) is 6.73. The van der Waals surface area contributed by atoms with Crippen molar-refractivity contribution >= 4 is 5.82 Å². The summed E-state index contributed by atoms with van der Waals surface area (Å²) in [5, 5.41) is 0. The number of anilines is 1. The molecule has 0 atom stereocenters. The summed E-state index contributed by atoms with van der Waals surface area (Å²) in [6.07, 6.45) is -8.31. The van der Waals surface area contributed by atoms with Crippen molar-refractivity contribution in [3.63, 3.8) is 0 Å². The highest BCUT2D eigenvalue weighted by molar-refractivity contribution is 5.42. The Morgan fingerprint density at radius 1 is 1.27 bits per heavy atom. The molecule has 2 N–H and O–H groups in total. The minimum Gasteiger partial charge on any atom is -0.383 e. The molecule has 0 aliphatic carbocycles. The Balaban J connectivity index is 3.37. The quantitative estimate of drug-likeness (QED) is 0.595. The predicted octanol–water partition coefficient (Wildman–Crippen LogP) is 2.76. The average Bonchev–Trinajstić information content (AvgIpc) is 2.00. The Hall–Kier alpha value is -1.47. The SMILES string of the molecule is Nc1nc(F)c(C(F)(F)F)cc1C(F)F. The van der Waals surface area contributed by atoms with Crippen LogP contribution >= 0.6 is 0 Å². The lowest BCUT2D eigenvalue weighted by Crippen LogP contribution is -2.12. The van der Waals surface area contributed by atoms with E-state index in [2.05, 4.69) is 4.98 Å². The zero-order valence-electron chi connectivity index (χ0n) is 6.95. The molecule has 0 aliphatic heterocycles. The van der Waals surface area contributed by atoms with Gasteiger partial charge >= 0.3 is 6.18 Å². The molecule has 1 heterocycles. The number of nitrogens with two attached hydrogens (primary N) is 1. The fraction of sp³-hybridized carbons (Fsp3) is 0.286. The highest BCUT2D eigenvalue weighted by Crippen LogP contribution is 2.34. The summed E-state index contributed by atoms with van der Waals surface area (Å²) in [7, 11) is 0. The maximum absolute atomic E-state index is 12.6. The standard InChI is InChI=1S/C7H4F6N2/c8-4(9)2-1-3(7(11,12)13)5(10)15-6(2)14/h1,4H,(H2,14,15). The van der Waals surface area contributed by atoms with Crippen molar-refractivity contribution in [3.05, 3.63) is 23.1 Å². The van der Waals surface area contributed by atoms with Gasteiger partial charge in [0.25, 0.3) is 6.43 Å². The van der Waals surface area contributed by atoms with Crippen LogP contribution in [0.5, 0.6) is 0 Å². The molecule has 1 aromatic heterocycles. The Labute approximate surface area is 79.7 Å². The van der Waals surface area contributed by atoms with Crippen LogP contribution < -0.4 is 5.73 Å². The van der Waals surface area contributed by atoms with E-state index < -0.39 is 35.5 Å². The second-order valence-corrected chi connectivity index (χ2v) is 2.60. The lowest BCUT2D eigenvalue weighted by molar-refractivity contribution is -0.140. The topological polar surface area (TPSA) is 38.9 Å². The van der Waals surface area contributed by atoms with Crippen molar-refractivity contribution in [3.8, 4) is 0 Å². The molecule has 84 valence electrons. The molecular formula is C7H4F6N2. The monoisotopic (exact) mass is 230 g/mol. The first kappa shape index (κ1) is 11.6. The Bertz CT molecular complexity index is 372. The van der Waals surface area contributed by atoms with Gasteiger partial charge in [0.1, 0.15) is 11.4 Å². The summed E-state index contributed by atoms with van der Waals surface area (Å²) >= 11 is 0.